The van der Waals surface area contributed by atoms with Crippen LogP contribution in [0.3, 0.4) is 0 Å². The molecule has 1 fully saturated rings. The van der Waals surface area contributed by atoms with Gasteiger partial charge in [-0.25, -0.2) is 4.98 Å². The number of hydrogen-bond acceptors (Lipinski definition) is 6. The third-order valence-corrected chi connectivity index (χ3v) is 3.03. The van der Waals surface area contributed by atoms with E-state index in [1.165, 1.54) is 0 Å². The third-order valence-electron chi connectivity index (χ3n) is 3.03. The molecule has 0 saturated carbocycles. The van der Waals surface area contributed by atoms with Crippen molar-refractivity contribution in [3.05, 3.63) is 24.7 Å². The number of aryl methyl sites for hydroxylation is 1. The number of aromatic nitrogens is 4. The van der Waals surface area contributed by atoms with Crippen molar-refractivity contribution in [2.75, 3.05) is 23.7 Å². The molecule has 0 spiro atoms. The molecule has 2 aromatic rings. The zero-order valence-corrected chi connectivity index (χ0v) is 10.8. The fourth-order valence-electron chi connectivity index (χ4n) is 2.10. The van der Waals surface area contributed by atoms with Gasteiger partial charge in [0.2, 0.25) is 5.95 Å². The second-order valence-electron chi connectivity index (χ2n) is 4.63. The molecule has 19 heavy (non-hydrogen) atoms. The summed E-state index contributed by atoms with van der Waals surface area (Å²) in [5, 5.41) is 13.9. The Morgan fingerprint density at radius 1 is 1.47 bits per heavy atom. The minimum absolute atomic E-state index is 0.446. The van der Waals surface area contributed by atoms with Crippen LogP contribution in [0.25, 0.3) is 0 Å². The Bertz CT molecular complexity index is 545. The lowest BCUT2D eigenvalue weighted by atomic mass is 10.2. The van der Waals surface area contributed by atoms with Gasteiger partial charge in [0.05, 0.1) is 11.9 Å². The third kappa shape index (κ3) is 3.00. The Morgan fingerprint density at radius 3 is 3.16 bits per heavy atom. The predicted octanol–water partition coefficient (Wildman–Crippen LogP) is 0.727. The van der Waals surface area contributed by atoms with Crippen LogP contribution in [0.5, 0.6) is 0 Å². The maximum atomic E-state index is 4.44. The zero-order chi connectivity index (χ0) is 13.1. The van der Waals surface area contributed by atoms with E-state index in [1.807, 2.05) is 19.3 Å². The summed E-state index contributed by atoms with van der Waals surface area (Å²) in [5.41, 5.74) is 0.877. The van der Waals surface area contributed by atoms with Crippen LogP contribution in [-0.4, -0.2) is 38.9 Å². The molecule has 7 heteroatoms. The predicted molar refractivity (Wildman–Crippen MR) is 73.4 cm³/mol. The monoisotopic (exact) mass is 259 g/mol. The van der Waals surface area contributed by atoms with E-state index in [1.54, 1.807) is 17.1 Å². The summed E-state index contributed by atoms with van der Waals surface area (Å²) in [6.07, 6.45) is 6.49. The van der Waals surface area contributed by atoms with E-state index in [0.717, 1.165) is 31.0 Å². The Labute approximate surface area is 111 Å². The van der Waals surface area contributed by atoms with Crippen molar-refractivity contribution in [2.45, 2.75) is 12.5 Å². The fourth-order valence-corrected chi connectivity index (χ4v) is 2.10. The smallest absolute Gasteiger partial charge is 0.229 e. The molecule has 3 heterocycles. The Kier molecular flexibility index (Phi) is 3.28. The van der Waals surface area contributed by atoms with Gasteiger partial charge in [-0.2, -0.15) is 10.1 Å². The van der Waals surface area contributed by atoms with E-state index in [-0.39, 0.29) is 0 Å². The van der Waals surface area contributed by atoms with E-state index >= 15 is 0 Å². The van der Waals surface area contributed by atoms with Crippen molar-refractivity contribution in [2.24, 2.45) is 7.05 Å². The molecule has 3 rings (SSSR count). The van der Waals surface area contributed by atoms with Crippen molar-refractivity contribution in [1.29, 1.82) is 0 Å². The highest BCUT2D eigenvalue weighted by Crippen LogP contribution is 2.14. The largest absolute Gasteiger partial charge is 0.366 e. The lowest BCUT2D eigenvalue weighted by molar-refractivity contribution is 0.768. The van der Waals surface area contributed by atoms with E-state index in [0.29, 0.717) is 12.0 Å². The first-order valence-electron chi connectivity index (χ1n) is 6.35. The minimum atomic E-state index is 0.446. The molecule has 0 unspecified atom stereocenters. The zero-order valence-electron chi connectivity index (χ0n) is 10.8. The standard InChI is InChI=1S/C12H17N7/c1-19-8-10(7-15-19)17-12-14-5-3-11(18-12)16-9-2-4-13-6-9/h3,5,7-9,13H,2,4,6H2,1H3,(H2,14,16,17,18)/t9-/m1/s1. The molecule has 1 aliphatic rings. The van der Waals surface area contributed by atoms with Crippen molar-refractivity contribution < 1.29 is 0 Å². The second kappa shape index (κ2) is 5.23. The number of nitrogens with zero attached hydrogens (tertiary/aromatic N) is 4. The highest BCUT2D eigenvalue weighted by molar-refractivity contribution is 5.52. The number of rotatable bonds is 4. The van der Waals surface area contributed by atoms with Gasteiger partial charge < -0.3 is 16.0 Å². The average molecular weight is 259 g/mol. The van der Waals surface area contributed by atoms with Gasteiger partial charge in [-0.05, 0) is 19.0 Å². The first-order valence-corrected chi connectivity index (χ1v) is 6.35. The van der Waals surface area contributed by atoms with Crippen LogP contribution in [0.4, 0.5) is 17.5 Å². The SMILES string of the molecule is Cn1cc(Nc2nccc(N[C@@H]3CCNC3)n2)cn1. The van der Waals surface area contributed by atoms with Gasteiger partial charge in [0.25, 0.3) is 0 Å². The van der Waals surface area contributed by atoms with E-state index in [9.17, 15) is 0 Å². The van der Waals surface area contributed by atoms with Crippen molar-refractivity contribution >= 4 is 17.5 Å². The summed E-state index contributed by atoms with van der Waals surface area (Å²) in [6, 6.07) is 2.33. The van der Waals surface area contributed by atoms with Crippen LogP contribution in [-0.2, 0) is 7.05 Å². The first-order chi connectivity index (χ1) is 9.29. The van der Waals surface area contributed by atoms with Crippen LogP contribution >= 0.6 is 0 Å². The summed E-state index contributed by atoms with van der Waals surface area (Å²) in [6.45, 7) is 2.04. The topological polar surface area (TPSA) is 79.7 Å². The lowest BCUT2D eigenvalue weighted by Crippen LogP contribution is -2.22. The molecule has 1 atom stereocenters. The van der Waals surface area contributed by atoms with Gasteiger partial charge in [0.15, 0.2) is 0 Å². The van der Waals surface area contributed by atoms with Crippen molar-refractivity contribution in [3.63, 3.8) is 0 Å². The first kappa shape index (κ1) is 11.9. The maximum Gasteiger partial charge on any atom is 0.229 e. The number of anilines is 3. The van der Waals surface area contributed by atoms with Crippen LogP contribution in [0, 0.1) is 0 Å². The van der Waals surface area contributed by atoms with Crippen LogP contribution in [0.15, 0.2) is 24.7 Å². The summed E-state index contributed by atoms with van der Waals surface area (Å²) in [4.78, 5) is 8.65. The molecular weight excluding hydrogens is 242 g/mol. The highest BCUT2D eigenvalue weighted by atomic mass is 15.3. The van der Waals surface area contributed by atoms with Gasteiger partial charge in [-0.15, -0.1) is 0 Å². The highest BCUT2D eigenvalue weighted by Gasteiger charge is 2.14. The molecule has 0 amide bonds. The molecule has 0 aromatic carbocycles. The van der Waals surface area contributed by atoms with Crippen molar-refractivity contribution in [3.8, 4) is 0 Å². The molecule has 7 nitrogen and oxygen atoms in total. The maximum absolute atomic E-state index is 4.44. The summed E-state index contributed by atoms with van der Waals surface area (Å²) >= 11 is 0. The van der Waals surface area contributed by atoms with Gasteiger partial charge >= 0.3 is 0 Å². The molecule has 0 bridgehead atoms. The number of hydrogen-bond donors (Lipinski definition) is 3. The normalized spacial score (nSPS) is 18.5. The number of nitrogens with one attached hydrogen (secondary N) is 3. The van der Waals surface area contributed by atoms with Crippen molar-refractivity contribution in [1.82, 2.24) is 25.1 Å². The molecular formula is C12H17N7. The Balaban J connectivity index is 1.68. The van der Waals surface area contributed by atoms with Crippen LogP contribution in [0.1, 0.15) is 6.42 Å². The van der Waals surface area contributed by atoms with Gasteiger partial charge in [-0.1, -0.05) is 0 Å². The van der Waals surface area contributed by atoms with Gasteiger partial charge in [0.1, 0.15) is 5.82 Å². The van der Waals surface area contributed by atoms with Crippen LogP contribution in [0.2, 0.25) is 0 Å². The molecule has 3 N–H and O–H groups in total. The Morgan fingerprint density at radius 2 is 2.42 bits per heavy atom. The molecule has 1 saturated heterocycles. The molecule has 100 valence electrons. The van der Waals surface area contributed by atoms with Gasteiger partial charge in [-0.3, -0.25) is 4.68 Å². The van der Waals surface area contributed by atoms with E-state index in [4.69, 9.17) is 0 Å². The molecule has 0 radical (unpaired) electrons. The molecule has 0 aliphatic carbocycles. The molecule has 2 aromatic heterocycles. The summed E-state index contributed by atoms with van der Waals surface area (Å²) < 4.78 is 1.73. The fraction of sp³-hybridized carbons (Fsp3) is 0.417. The molecule has 1 aliphatic heterocycles. The lowest BCUT2D eigenvalue weighted by Gasteiger charge is -2.12. The summed E-state index contributed by atoms with van der Waals surface area (Å²) in [5.74, 6) is 1.42. The average Bonchev–Trinajstić information content (AvgIpc) is 3.02. The summed E-state index contributed by atoms with van der Waals surface area (Å²) in [7, 11) is 1.87. The van der Waals surface area contributed by atoms with Crippen LogP contribution < -0.4 is 16.0 Å². The minimum Gasteiger partial charge on any atom is -0.366 e. The second-order valence-corrected chi connectivity index (χ2v) is 4.63. The quantitative estimate of drug-likeness (QED) is 0.751. The van der Waals surface area contributed by atoms with Gasteiger partial charge in [0, 0.05) is 32.0 Å². The Hall–Kier alpha value is -2.15. The van der Waals surface area contributed by atoms with E-state index < -0.39 is 0 Å². The van der Waals surface area contributed by atoms with E-state index in [2.05, 4.69) is 31.0 Å².